The maximum Gasteiger partial charge on any atom is 0.138 e. The first-order valence-electron chi connectivity index (χ1n) is 7.42. The van der Waals surface area contributed by atoms with Crippen molar-refractivity contribution >= 4 is 11.6 Å². The summed E-state index contributed by atoms with van der Waals surface area (Å²) in [5.74, 6) is 0.301. The molecule has 1 fully saturated rings. The van der Waals surface area contributed by atoms with Crippen molar-refractivity contribution in [2.24, 2.45) is 5.73 Å². The molecule has 2 aliphatic rings. The lowest BCUT2D eigenvalue weighted by Crippen LogP contribution is -2.34. The molecule has 2 nitrogen and oxygen atoms in total. The SMILES string of the molecule is NCC1(c2c(O)c(Cl)cc3c2CCCC3)CCCC1. The van der Waals surface area contributed by atoms with Crippen LogP contribution in [0.2, 0.25) is 5.02 Å². The van der Waals surface area contributed by atoms with Crippen molar-refractivity contribution in [2.45, 2.75) is 56.8 Å². The minimum Gasteiger partial charge on any atom is -0.506 e. The van der Waals surface area contributed by atoms with Crippen molar-refractivity contribution in [1.29, 1.82) is 0 Å². The summed E-state index contributed by atoms with van der Waals surface area (Å²) in [6.45, 7) is 0.618. The Morgan fingerprint density at radius 2 is 1.84 bits per heavy atom. The van der Waals surface area contributed by atoms with Gasteiger partial charge in [0.05, 0.1) is 5.02 Å². The maximum absolute atomic E-state index is 10.5. The number of rotatable bonds is 2. The fourth-order valence-electron chi connectivity index (χ4n) is 4.04. The average molecular weight is 280 g/mol. The molecule has 0 saturated heterocycles. The molecule has 1 aromatic carbocycles. The van der Waals surface area contributed by atoms with Crippen LogP contribution in [0.4, 0.5) is 0 Å². The molecule has 0 amide bonds. The van der Waals surface area contributed by atoms with Gasteiger partial charge in [-0.1, -0.05) is 24.4 Å². The molecule has 1 saturated carbocycles. The van der Waals surface area contributed by atoms with Crippen molar-refractivity contribution in [2.75, 3.05) is 6.54 Å². The standard InChI is InChI=1S/C16H22ClNO/c17-13-9-11-5-1-2-6-12(11)14(15(13)19)16(10-18)7-3-4-8-16/h9,19H,1-8,10,18H2. The quantitative estimate of drug-likeness (QED) is 0.867. The lowest BCUT2D eigenvalue weighted by Gasteiger charge is -2.34. The van der Waals surface area contributed by atoms with Crippen LogP contribution >= 0.6 is 11.6 Å². The number of phenolic OH excluding ortho intramolecular Hbond substituents is 1. The van der Waals surface area contributed by atoms with Crippen LogP contribution in [0.5, 0.6) is 5.75 Å². The number of hydrogen-bond donors (Lipinski definition) is 2. The molecule has 0 spiro atoms. The lowest BCUT2D eigenvalue weighted by molar-refractivity contribution is 0.399. The maximum atomic E-state index is 10.5. The smallest absolute Gasteiger partial charge is 0.138 e. The Kier molecular flexibility index (Phi) is 3.48. The van der Waals surface area contributed by atoms with Crippen LogP contribution < -0.4 is 5.73 Å². The second kappa shape index (κ2) is 4.99. The minimum atomic E-state index is -0.0313. The predicted octanol–water partition coefficient (Wildman–Crippen LogP) is 3.69. The number of fused-ring (bicyclic) bond motifs is 1. The van der Waals surface area contributed by atoms with Crippen LogP contribution in [0.3, 0.4) is 0 Å². The summed E-state index contributed by atoms with van der Waals surface area (Å²) in [5, 5.41) is 11.0. The highest BCUT2D eigenvalue weighted by molar-refractivity contribution is 6.32. The van der Waals surface area contributed by atoms with Crippen molar-refractivity contribution in [3.05, 3.63) is 27.8 Å². The summed E-state index contributed by atoms with van der Waals surface area (Å²) in [5.41, 5.74) is 9.84. The molecule has 3 heteroatoms. The Balaban J connectivity index is 2.21. The van der Waals surface area contributed by atoms with E-state index in [0.29, 0.717) is 17.3 Å². The van der Waals surface area contributed by atoms with Gasteiger partial charge in [-0.05, 0) is 55.7 Å². The molecule has 0 radical (unpaired) electrons. The third kappa shape index (κ3) is 2.05. The number of nitrogens with two attached hydrogens (primary N) is 1. The second-order valence-corrected chi connectivity index (χ2v) is 6.53. The van der Waals surface area contributed by atoms with E-state index >= 15 is 0 Å². The normalized spacial score (nSPS) is 21.4. The molecule has 19 heavy (non-hydrogen) atoms. The topological polar surface area (TPSA) is 46.2 Å². The molecule has 104 valence electrons. The van der Waals surface area contributed by atoms with E-state index in [4.69, 9.17) is 17.3 Å². The third-order valence-electron chi connectivity index (χ3n) is 5.06. The summed E-state index contributed by atoms with van der Waals surface area (Å²) in [4.78, 5) is 0. The van der Waals surface area contributed by atoms with Crippen LogP contribution in [-0.2, 0) is 18.3 Å². The zero-order valence-electron chi connectivity index (χ0n) is 11.3. The first-order valence-corrected chi connectivity index (χ1v) is 7.79. The minimum absolute atomic E-state index is 0.0313. The van der Waals surface area contributed by atoms with Gasteiger partial charge in [-0.25, -0.2) is 0 Å². The van der Waals surface area contributed by atoms with Gasteiger partial charge in [0.15, 0.2) is 0 Å². The van der Waals surface area contributed by atoms with E-state index in [1.54, 1.807) is 0 Å². The van der Waals surface area contributed by atoms with Gasteiger partial charge < -0.3 is 10.8 Å². The van der Waals surface area contributed by atoms with E-state index in [2.05, 4.69) is 0 Å². The van der Waals surface area contributed by atoms with Crippen LogP contribution in [-0.4, -0.2) is 11.7 Å². The molecule has 0 unspecified atom stereocenters. The van der Waals surface area contributed by atoms with Crippen LogP contribution in [0, 0.1) is 0 Å². The van der Waals surface area contributed by atoms with Crippen LogP contribution in [0.25, 0.3) is 0 Å². The summed E-state index contributed by atoms with van der Waals surface area (Å²) < 4.78 is 0. The highest BCUT2D eigenvalue weighted by atomic mass is 35.5. The highest BCUT2D eigenvalue weighted by Gasteiger charge is 2.39. The molecule has 2 aliphatic carbocycles. The van der Waals surface area contributed by atoms with E-state index < -0.39 is 0 Å². The van der Waals surface area contributed by atoms with Gasteiger partial charge in [-0.2, -0.15) is 0 Å². The van der Waals surface area contributed by atoms with E-state index in [-0.39, 0.29) is 5.41 Å². The van der Waals surface area contributed by atoms with Crippen LogP contribution in [0.1, 0.15) is 55.2 Å². The molecule has 0 aromatic heterocycles. The molecular formula is C16H22ClNO. The van der Waals surface area contributed by atoms with Crippen molar-refractivity contribution in [3.8, 4) is 5.75 Å². The highest BCUT2D eigenvalue weighted by Crippen LogP contribution is 2.49. The van der Waals surface area contributed by atoms with E-state index in [1.165, 1.54) is 36.8 Å². The monoisotopic (exact) mass is 279 g/mol. The molecule has 0 aliphatic heterocycles. The Hall–Kier alpha value is -0.730. The lowest BCUT2D eigenvalue weighted by atomic mass is 9.72. The summed E-state index contributed by atoms with van der Waals surface area (Å²) in [6.07, 6.45) is 9.18. The largest absolute Gasteiger partial charge is 0.506 e. The van der Waals surface area contributed by atoms with Gasteiger partial charge in [0.2, 0.25) is 0 Å². The van der Waals surface area contributed by atoms with Crippen molar-refractivity contribution in [1.82, 2.24) is 0 Å². The zero-order valence-corrected chi connectivity index (χ0v) is 12.1. The van der Waals surface area contributed by atoms with Gasteiger partial charge in [0.25, 0.3) is 0 Å². The molecule has 3 rings (SSSR count). The Morgan fingerprint density at radius 3 is 2.53 bits per heavy atom. The summed E-state index contributed by atoms with van der Waals surface area (Å²) >= 11 is 6.26. The van der Waals surface area contributed by atoms with Crippen LogP contribution in [0.15, 0.2) is 6.07 Å². The van der Waals surface area contributed by atoms with Gasteiger partial charge in [-0.15, -0.1) is 0 Å². The predicted molar refractivity (Wildman–Crippen MR) is 79.0 cm³/mol. The number of aromatic hydroxyl groups is 1. The molecule has 0 bridgehead atoms. The van der Waals surface area contributed by atoms with Gasteiger partial charge in [-0.3, -0.25) is 0 Å². The summed E-state index contributed by atoms with van der Waals surface area (Å²) in [7, 11) is 0. The number of aryl methyl sites for hydroxylation is 1. The third-order valence-corrected chi connectivity index (χ3v) is 5.35. The Morgan fingerprint density at radius 1 is 1.16 bits per heavy atom. The first kappa shape index (κ1) is 13.3. The zero-order chi connectivity index (χ0) is 13.5. The first-order chi connectivity index (χ1) is 9.18. The van der Waals surface area contributed by atoms with Crippen molar-refractivity contribution in [3.63, 3.8) is 0 Å². The van der Waals surface area contributed by atoms with Gasteiger partial charge >= 0.3 is 0 Å². The number of phenols is 1. The number of benzene rings is 1. The molecular weight excluding hydrogens is 258 g/mol. The summed E-state index contributed by atoms with van der Waals surface area (Å²) in [6, 6.07) is 1.97. The van der Waals surface area contributed by atoms with E-state index in [9.17, 15) is 5.11 Å². The average Bonchev–Trinajstić information content (AvgIpc) is 2.90. The van der Waals surface area contributed by atoms with Gasteiger partial charge in [0.1, 0.15) is 5.75 Å². The molecule has 0 atom stereocenters. The molecule has 3 N–H and O–H groups in total. The second-order valence-electron chi connectivity index (χ2n) is 6.12. The Labute approximate surface area is 120 Å². The van der Waals surface area contributed by atoms with E-state index in [1.807, 2.05) is 6.07 Å². The number of halogens is 1. The van der Waals surface area contributed by atoms with Crippen molar-refractivity contribution < 1.29 is 5.11 Å². The molecule has 1 aromatic rings. The van der Waals surface area contributed by atoms with E-state index in [0.717, 1.165) is 31.2 Å². The fourth-order valence-corrected chi connectivity index (χ4v) is 4.26. The number of hydrogen-bond acceptors (Lipinski definition) is 2. The Bertz CT molecular complexity index is 492. The molecule has 0 heterocycles. The fraction of sp³-hybridized carbons (Fsp3) is 0.625. The van der Waals surface area contributed by atoms with Gasteiger partial charge in [0, 0.05) is 17.5 Å².